The molecule has 1 N–H and O–H groups in total. The molecule has 0 aliphatic carbocycles. The maximum Gasteiger partial charge on any atom is 0.0681 e. The average Bonchev–Trinajstić information content (AvgIpc) is 2.81. The van der Waals surface area contributed by atoms with Crippen molar-refractivity contribution in [2.75, 3.05) is 11.9 Å². The fraction of sp³-hybridized carbons (Fsp3) is 0.286. The lowest BCUT2D eigenvalue weighted by Gasteiger charge is -2.21. The van der Waals surface area contributed by atoms with Gasteiger partial charge in [0, 0.05) is 19.3 Å². The van der Waals surface area contributed by atoms with E-state index >= 15 is 0 Å². The number of hydrogen-bond donors (Lipinski definition) is 1. The van der Waals surface area contributed by atoms with Gasteiger partial charge in [-0.05, 0) is 46.5 Å². The van der Waals surface area contributed by atoms with E-state index in [2.05, 4.69) is 41.8 Å². The van der Waals surface area contributed by atoms with Crippen molar-refractivity contribution in [2.24, 2.45) is 0 Å². The smallest absolute Gasteiger partial charge is 0.0681 e. The molecule has 1 aromatic heterocycles. The lowest BCUT2D eigenvalue weighted by Crippen LogP contribution is -2.17. The zero-order chi connectivity index (χ0) is 12.3. The number of aliphatic hydroxyl groups is 1. The second-order valence-corrected chi connectivity index (χ2v) is 5.05. The minimum Gasteiger partial charge on any atom is -0.392 e. The molecule has 0 aliphatic rings. The summed E-state index contributed by atoms with van der Waals surface area (Å²) in [5, 5.41) is 13.4. The summed E-state index contributed by atoms with van der Waals surface area (Å²) < 4.78 is 0. The number of rotatable bonds is 4. The Morgan fingerprint density at radius 1 is 1.24 bits per heavy atom. The first-order valence-corrected chi connectivity index (χ1v) is 6.57. The molecule has 3 heteroatoms. The molecule has 0 bridgehead atoms. The van der Waals surface area contributed by atoms with Gasteiger partial charge < -0.3 is 10.0 Å². The summed E-state index contributed by atoms with van der Waals surface area (Å²) in [6.07, 6.45) is 0. The van der Waals surface area contributed by atoms with Crippen molar-refractivity contribution in [1.82, 2.24) is 0 Å². The maximum atomic E-state index is 9.09. The quantitative estimate of drug-likeness (QED) is 0.897. The van der Waals surface area contributed by atoms with Crippen molar-refractivity contribution in [3.8, 4) is 0 Å². The topological polar surface area (TPSA) is 23.5 Å². The predicted molar refractivity (Wildman–Crippen MR) is 73.5 cm³/mol. The number of thiophene rings is 1. The van der Waals surface area contributed by atoms with Gasteiger partial charge in [-0.2, -0.15) is 11.3 Å². The highest BCUT2D eigenvalue weighted by atomic mass is 32.1. The molecule has 0 saturated carbocycles. The van der Waals surface area contributed by atoms with Gasteiger partial charge in [-0.3, -0.25) is 0 Å². The van der Waals surface area contributed by atoms with Crippen LogP contribution in [0, 0.1) is 6.92 Å². The Morgan fingerprint density at radius 2 is 2.06 bits per heavy atom. The molecule has 0 fully saturated rings. The Balaban J connectivity index is 2.16. The summed E-state index contributed by atoms with van der Waals surface area (Å²) >= 11 is 1.73. The van der Waals surface area contributed by atoms with Gasteiger partial charge in [0.25, 0.3) is 0 Å². The highest BCUT2D eigenvalue weighted by Crippen LogP contribution is 2.22. The maximum absolute atomic E-state index is 9.09. The highest BCUT2D eigenvalue weighted by molar-refractivity contribution is 7.07. The van der Waals surface area contributed by atoms with Crippen LogP contribution in [0.2, 0.25) is 0 Å². The molecular weight excluding hydrogens is 230 g/mol. The molecule has 0 aliphatic heterocycles. The zero-order valence-electron chi connectivity index (χ0n) is 10.2. The third-order valence-corrected chi connectivity index (χ3v) is 3.59. The van der Waals surface area contributed by atoms with Crippen molar-refractivity contribution >= 4 is 17.0 Å². The number of benzene rings is 1. The van der Waals surface area contributed by atoms with Crippen molar-refractivity contribution in [1.29, 1.82) is 0 Å². The molecule has 2 nitrogen and oxygen atoms in total. The van der Waals surface area contributed by atoms with Crippen LogP contribution in [0.5, 0.6) is 0 Å². The van der Waals surface area contributed by atoms with Crippen molar-refractivity contribution in [2.45, 2.75) is 20.1 Å². The monoisotopic (exact) mass is 247 g/mol. The zero-order valence-corrected chi connectivity index (χ0v) is 11.0. The standard InChI is InChI=1S/C14H17NOS/c1-11-7-12(9-16)3-4-14(11)15(2)8-13-5-6-17-10-13/h3-7,10,16H,8-9H2,1-2H3. The fourth-order valence-electron chi connectivity index (χ4n) is 1.99. The van der Waals surface area contributed by atoms with E-state index in [1.165, 1.54) is 16.8 Å². The van der Waals surface area contributed by atoms with E-state index in [1.807, 2.05) is 12.1 Å². The van der Waals surface area contributed by atoms with E-state index in [-0.39, 0.29) is 6.61 Å². The highest BCUT2D eigenvalue weighted by Gasteiger charge is 2.06. The summed E-state index contributed by atoms with van der Waals surface area (Å²) in [5.41, 5.74) is 4.72. The van der Waals surface area contributed by atoms with Gasteiger partial charge in [0.1, 0.15) is 0 Å². The molecule has 0 amide bonds. The van der Waals surface area contributed by atoms with Crippen LogP contribution in [0.3, 0.4) is 0 Å². The summed E-state index contributed by atoms with van der Waals surface area (Å²) in [6.45, 7) is 3.11. The van der Waals surface area contributed by atoms with Crippen LogP contribution in [-0.4, -0.2) is 12.2 Å². The van der Waals surface area contributed by atoms with Crippen LogP contribution in [0.1, 0.15) is 16.7 Å². The second kappa shape index (κ2) is 5.34. The van der Waals surface area contributed by atoms with Crippen molar-refractivity contribution in [3.05, 3.63) is 51.7 Å². The van der Waals surface area contributed by atoms with Crippen LogP contribution in [0.25, 0.3) is 0 Å². The minimum absolute atomic E-state index is 0.107. The third-order valence-electron chi connectivity index (χ3n) is 2.85. The van der Waals surface area contributed by atoms with E-state index in [0.29, 0.717) is 0 Å². The Hall–Kier alpha value is -1.32. The molecule has 0 unspecified atom stereocenters. The second-order valence-electron chi connectivity index (χ2n) is 4.27. The first-order valence-electron chi connectivity index (χ1n) is 5.63. The van der Waals surface area contributed by atoms with Gasteiger partial charge in [0.15, 0.2) is 0 Å². The van der Waals surface area contributed by atoms with Gasteiger partial charge in [-0.15, -0.1) is 0 Å². The molecule has 1 aromatic carbocycles. The van der Waals surface area contributed by atoms with E-state index in [9.17, 15) is 0 Å². The van der Waals surface area contributed by atoms with Gasteiger partial charge in [-0.1, -0.05) is 12.1 Å². The molecule has 0 spiro atoms. The Labute approximate surface area is 106 Å². The normalized spacial score (nSPS) is 10.5. The van der Waals surface area contributed by atoms with E-state index < -0.39 is 0 Å². The number of nitrogens with zero attached hydrogens (tertiary/aromatic N) is 1. The summed E-state index contributed by atoms with van der Waals surface area (Å²) in [7, 11) is 2.10. The molecule has 0 radical (unpaired) electrons. The summed E-state index contributed by atoms with van der Waals surface area (Å²) in [6, 6.07) is 8.25. The Morgan fingerprint density at radius 3 is 2.65 bits per heavy atom. The minimum atomic E-state index is 0.107. The Kier molecular flexibility index (Phi) is 3.82. The van der Waals surface area contributed by atoms with Gasteiger partial charge in [-0.25, -0.2) is 0 Å². The van der Waals surface area contributed by atoms with E-state index in [4.69, 9.17) is 5.11 Å². The number of aryl methyl sites for hydroxylation is 1. The lowest BCUT2D eigenvalue weighted by molar-refractivity contribution is 0.282. The first kappa shape index (κ1) is 12.1. The molecule has 90 valence electrons. The van der Waals surface area contributed by atoms with E-state index in [0.717, 1.165) is 12.1 Å². The van der Waals surface area contributed by atoms with Crippen LogP contribution in [-0.2, 0) is 13.2 Å². The van der Waals surface area contributed by atoms with Crippen molar-refractivity contribution in [3.63, 3.8) is 0 Å². The number of anilines is 1. The number of hydrogen-bond acceptors (Lipinski definition) is 3. The van der Waals surface area contributed by atoms with Crippen LogP contribution < -0.4 is 4.90 Å². The first-order chi connectivity index (χ1) is 8.20. The molecule has 0 atom stereocenters. The summed E-state index contributed by atoms with van der Waals surface area (Å²) in [4.78, 5) is 2.23. The van der Waals surface area contributed by atoms with Gasteiger partial charge in [0.05, 0.1) is 6.61 Å². The third kappa shape index (κ3) is 2.87. The average molecular weight is 247 g/mol. The molecule has 1 heterocycles. The lowest BCUT2D eigenvalue weighted by atomic mass is 10.1. The van der Waals surface area contributed by atoms with Crippen molar-refractivity contribution < 1.29 is 5.11 Å². The molecular formula is C14H17NOS. The fourth-order valence-corrected chi connectivity index (χ4v) is 2.65. The molecule has 0 saturated heterocycles. The largest absolute Gasteiger partial charge is 0.392 e. The van der Waals surface area contributed by atoms with Crippen LogP contribution in [0.4, 0.5) is 5.69 Å². The number of aliphatic hydroxyl groups excluding tert-OH is 1. The van der Waals surface area contributed by atoms with E-state index in [1.54, 1.807) is 11.3 Å². The molecule has 17 heavy (non-hydrogen) atoms. The Bertz CT molecular complexity index is 479. The van der Waals surface area contributed by atoms with Crippen LogP contribution >= 0.6 is 11.3 Å². The van der Waals surface area contributed by atoms with Gasteiger partial charge >= 0.3 is 0 Å². The SMILES string of the molecule is Cc1cc(CO)ccc1N(C)Cc1ccsc1. The van der Waals surface area contributed by atoms with Gasteiger partial charge in [0.2, 0.25) is 0 Å². The van der Waals surface area contributed by atoms with Crippen LogP contribution in [0.15, 0.2) is 35.0 Å². The molecule has 2 rings (SSSR count). The summed E-state index contributed by atoms with van der Waals surface area (Å²) in [5.74, 6) is 0. The predicted octanol–water partition coefficient (Wildman–Crippen LogP) is 3.19. The molecule has 2 aromatic rings.